The van der Waals surface area contributed by atoms with Gasteiger partial charge in [-0.05, 0) is 31.9 Å². The van der Waals surface area contributed by atoms with Gasteiger partial charge >= 0.3 is 0 Å². The average Bonchev–Trinajstić information content (AvgIpc) is 3.15. The standard InChI is InChI=1S/C22H24N4O2/c1-15-9-10-16(2)18(11-15)12-23-21(27)22(3)14-28-13-19-24-25-20(26(19)22)17-7-5-4-6-8-17/h4-11H,12-14H2,1-3H3,(H,23,27). The fourth-order valence-corrected chi connectivity index (χ4v) is 3.63. The predicted octanol–water partition coefficient (Wildman–Crippen LogP) is 3.12. The molecule has 0 radical (unpaired) electrons. The van der Waals surface area contributed by atoms with Crippen LogP contribution in [-0.4, -0.2) is 27.3 Å². The molecule has 6 nitrogen and oxygen atoms in total. The molecule has 1 N–H and O–H groups in total. The lowest BCUT2D eigenvalue weighted by molar-refractivity contribution is -0.135. The summed E-state index contributed by atoms with van der Waals surface area (Å²) in [5.41, 5.74) is 3.46. The van der Waals surface area contributed by atoms with Crippen molar-refractivity contribution < 1.29 is 9.53 Å². The Labute approximate surface area is 164 Å². The van der Waals surface area contributed by atoms with Gasteiger partial charge in [0.05, 0.1) is 6.61 Å². The Morgan fingerprint density at radius 2 is 1.96 bits per heavy atom. The maximum Gasteiger partial charge on any atom is 0.248 e. The van der Waals surface area contributed by atoms with Gasteiger partial charge in [0, 0.05) is 12.1 Å². The first-order chi connectivity index (χ1) is 13.5. The monoisotopic (exact) mass is 376 g/mol. The number of benzene rings is 2. The lowest BCUT2D eigenvalue weighted by Gasteiger charge is -2.35. The molecule has 1 aliphatic heterocycles. The maximum absolute atomic E-state index is 13.3. The third-order valence-electron chi connectivity index (χ3n) is 5.30. The number of fused-ring (bicyclic) bond motifs is 1. The van der Waals surface area contributed by atoms with Gasteiger partial charge in [0.15, 0.2) is 11.6 Å². The van der Waals surface area contributed by atoms with E-state index < -0.39 is 5.54 Å². The summed E-state index contributed by atoms with van der Waals surface area (Å²) in [7, 11) is 0. The fourth-order valence-electron chi connectivity index (χ4n) is 3.63. The second kappa shape index (κ2) is 7.20. The van der Waals surface area contributed by atoms with Crippen molar-refractivity contribution in [1.29, 1.82) is 0 Å². The molecule has 0 fully saturated rings. The van der Waals surface area contributed by atoms with Crippen LogP contribution in [0.25, 0.3) is 11.4 Å². The minimum atomic E-state index is -0.917. The SMILES string of the molecule is Cc1ccc(C)c(CNC(=O)C2(C)COCc3nnc(-c4ccccc4)n32)c1. The van der Waals surface area contributed by atoms with Gasteiger partial charge in [-0.15, -0.1) is 10.2 Å². The quantitative estimate of drug-likeness (QED) is 0.760. The zero-order valence-electron chi connectivity index (χ0n) is 16.4. The summed E-state index contributed by atoms with van der Waals surface area (Å²) in [5.74, 6) is 1.24. The fraction of sp³-hybridized carbons (Fsp3) is 0.318. The first-order valence-electron chi connectivity index (χ1n) is 9.41. The van der Waals surface area contributed by atoms with Crippen molar-refractivity contribution in [1.82, 2.24) is 20.1 Å². The lowest BCUT2D eigenvalue weighted by atomic mass is 9.98. The topological polar surface area (TPSA) is 69.0 Å². The van der Waals surface area contributed by atoms with Crippen molar-refractivity contribution in [2.45, 2.75) is 39.5 Å². The molecule has 1 aromatic heterocycles. The molecule has 0 spiro atoms. The highest BCUT2D eigenvalue weighted by atomic mass is 16.5. The Morgan fingerprint density at radius 3 is 2.75 bits per heavy atom. The van der Waals surface area contributed by atoms with Crippen molar-refractivity contribution in [3.8, 4) is 11.4 Å². The first-order valence-corrected chi connectivity index (χ1v) is 9.41. The molecule has 4 rings (SSSR count). The van der Waals surface area contributed by atoms with Gasteiger partial charge in [0.1, 0.15) is 12.1 Å². The van der Waals surface area contributed by atoms with Crippen LogP contribution in [0.4, 0.5) is 0 Å². The molecule has 144 valence electrons. The summed E-state index contributed by atoms with van der Waals surface area (Å²) in [6.45, 7) is 7.08. The summed E-state index contributed by atoms with van der Waals surface area (Å²) in [5, 5.41) is 11.7. The number of nitrogens with one attached hydrogen (secondary N) is 1. The van der Waals surface area contributed by atoms with Crippen LogP contribution in [0.5, 0.6) is 0 Å². The highest BCUT2D eigenvalue weighted by molar-refractivity contribution is 5.85. The van der Waals surface area contributed by atoms with Crippen molar-refractivity contribution in [3.05, 3.63) is 71.0 Å². The van der Waals surface area contributed by atoms with Crippen molar-refractivity contribution in [2.24, 2.45) is 0 Å². The number of aromatic nitrogens is 3. The molecular formula is C22H24N4O2. The highest BCUT2D eigenvalue weighted by Gasteiger charge is 2.42. The molecule has 1 aliphatic rings. The number of ether oxygens (including phenoxy) is 1. The maximum atomic E-state index is 13.3. The summed E-state index contributed by atoms with van der Waals surface area (Å²) < 4.78 is 7.61. The second-order valence-corrected chi connectivity index (χ2v) is 7.52. The van der Waals surface area contributed by atoms with Crippen LogP contribution in [0, 0.1) is 13.8 Å². The molecular weight excluding hydrogens is 352 g/mol. The van der Waals surface area contributed by atoms with Crippen LogP contribution in [0.15, 0.2) is 48.5 Å². The predicted molar refractivity (Wildman–Crippen MR) is 107 cm³/mol. The number of aryl methyl sites for hydroxylation is 2. The Morgan fingerprint density at radius 1 is 1.18 bits per heavy atom. The van der Waals surface area contributed by atoms with Gasteiger partial charge in [-0.1, -0.05) is 54.1 Å². The van der Waals surface area contributed by atoms with Gasteiger partial charge in [0.25, 0.3) is 0 Å². The van der Waals surface area contributed by atoms with Crippen LogP contribution in [0.3, 0.4) is 0 Å². The third-order valence-corrected chi connectivity index (χ3v) is 5.30. The van der Waals surface area contributed by atoms with E-state index in [2.05, 4.69) is 47.6 Å². The number of carbonyl (C=O) groups excluding carboxylic acids is 1. The van der Waals surface area contributed by atoms with Crippen LogP contribution in [-0.2, 0) is 28.2 Å². The molecule has 0 bridgehead atoms. The Hall–Kier alpha value is -2.99. The van der Waals surface area contributed by atoms with Gasteiger partial charge in [-0.2, -0.15) is 0 Å². The largest absolute Gasteiger partial charge is 0.370 e. The minimum Gasteiger partial charge on any atom is -0.370 e. The lowest BCUT2D eigenvalue weighted by Crippen LogP contribution is -2.52. The van der Waals surface area contributed by atoms with E-state index >= 15 is 0 Å². The number of carbonyl (C=O) groups is 1. The summed E-state index contributed by atoms with van der Waals surface area (Å²) in [6, 6.07) is 16.1. The van der Waals surface area contributed by atoms with Crippen LogP contribution >= 0.6 is 0 Å². The molecule has 6 heteroatoms. The van der Waals surface area contributed by atoms with Crippen molar-refractivity contribution >= 4 is 5.91 Å². The molecule has 28 heavy (non-hydrogen) atoms. The Balaban J connectivity index is 1.64. The zero-order valence-corrected chi connectivity index (χ0v) is 16.4. The number of hydrogen-bond donors (Lipinski definition) is 1. The van der Waals surface area contributed by atoms with Crippen molar-refractivity contribution in [3.63, 3.8) is 0 Å². The minimum absolute atomic E-state index is 0.105. The van der Waals surface area contributed by atoms with Gasteiger partial charge in [0.2, 0.25) is 5.91 Å². The van der Waals surface area contributed by atoms with Crippen LogP contribution in [0.2, 0.25) is 0 Å². The van der Waals surface area contributed by atoms with E-state index in [1.807, 2.05) is 41.8 Å². The van der Waals surface area contributed by atoms with E-state index in [1.54, 1.807) is 0 Å². The van der Waals surface area contributed by atoms with Crippen LogP contribution in [0.1, 0.15) is 29.4 Å². The molecule has 1 amide bonds. The molecule has 1 unspecified atom stereocenters. The number of hydrogen-bond acceptors (Lipinski definition) is 4. The summed E-state index contributed by atoms with van der Waals surface area (Å²) >= 11 is 0. The van der Waals surface area contributed by atoms with E-state index in [-0.39, 0.29) is 12.5 Å². The first kappa shape index (κ1) is 18.4. The van der Waals surface area contributed by atoms with Gasteiger partial charge in [-0.3, -0.25) is 9.36 Å². The van der Waals surface area contributed by atoms with Crippen LogP contribution < -0.4 is 5.32 Å². The third kappa shape index (κ3) is 3.20. The number of amides is 1. The molecule has 1 atom stereocenters. The smallest absolute Gasteiger partial charge is 0.248 e. The average molecular weight is 376 g/mol. The van der Waals surface area contributed by atoms with E-state index in [4.69, 9.17) is 4.74 Å². The molecule has 0 aliphatic carbocycles. The van der Waals surface area contributed by atoms with E-state index in [1.165, 1.54) is 5.56 Å². The normalized spacial score (nSPS) is 18.5. The molecule has 0 saturated carbocycles. The van der Waals surface area contributed by atoms with Gasteiger partial charge in [-0.25, -0.2) is 0 Å². The van der Waals surface area contributed by atoms with E-state index in [0.29, 0.717) is 24.8 Å². The second-order valence-electron chi connectivity index (χ2n) is 7.52. The number of nitrogens with zero attached hydrogens (tertiary/aromatic N) is 3. The highest BCUT2D eigenvalue weighted by Crippen LogP contribution is 2.31. The molecule has 2 heterocycles. The van der Waals surface area contributed by atoms with Crippen molar-refractivity contribution in [2.75, 3.05) is 6.61 Å². The molecule has 0 saturated heterocycles. The molecule has 3 aromatic rings. The van der Waals surface area contributed by atoms with E-state index in [9.17, 15) is 4.79 Å². The van der Waals surface area contributed by atoms with E-state index in [0.717, 1.165) is 16.7 Å². The zero-order chi connectivity index (χ0) is 19.7. The number of rotatable bonds is 4. The molecule has 2 aromatic carbocycles. The Kier molecular flexibility index (Phi) is 4.73. The Bertz CT molecular complexity index is 1010. The van der Waals surface area contributed by atoms with Gasteiger partial charge < -0.3 is 10.1 Å². The summed E-state index contributed by atoms with van der Waals surface area (Å²) in [6.07, 6.45) is 0. The summed E-state index contributed by atoms with van der Waals surface area (Å²) in [4.78, 5) is 13.3.